The van der Waals surface area contributed by atoms with Crippen LogP contribution in [0.5, 0.6) is 11.8 Å². The number of hydrogen-bond acceptors (Lipinski definition) is 6. The first-order valence-corrected chi connectivity index (χ1v) is 9.86. The number of aromatic nitrogens is 2. The number of thioether (sulfide) groups is 1. The van der Waals surface area contributed by atoms with Gasteiger partial charge in [-0.05, 0) is 37.7 Å². The lowest BCUT2D eigenvalue weighted by Crippen LogP contribution is -2.23. The molecule has 138 valence electrons. The molecule has 3 heterocycles. The van der Waals surface area contributed by atoms with Crippen LogP contribution in [0.25, 0.3) is 0 Å². The third-order valence-electron chi connectivity index (χ3n) is 3.78. The number of ether oxygens (including phenoxy) is 2. The van der Waals surface area contributed by atoms with Gasteiger partial charge in [-0.25, -0.2) is 9.97 Å². The monoisotopic (exact) mass is 373 g/mol. The number of carbonyl (C=O) groups excluding carboxylic acids is 1. The number of nitrogens with one attached hydrogen (secondary N) is 1. The minimum absolute atomic E-state index is 0.0833. The van der Waals surface area contributed by atoms with E-state index in [1.54, 1.807) is 30.6 Å². The van der Waals surface area contributed by atoms with Gasteiger partial charge in [0.05, 0.1) is 11.7 Å². The Morgan fingerprint density at radius 3 is 2.65 bits per heavy atom. The molecule has 1 amide bonds. The molecule has 2 aromatic heterocycles. The molecule has 7 heteroatoms. The Kier molecular flexibility index (Phi) is 6.33. The van der Waals surface area contributed by atoms with Gasteiger partial charge in [0.25, 0.3) is 5.91 Å². The van der Waals surface area contributed by atoms with Crippen LogP contribution < -0.4 is 14.8 Å². The molecule has 1 aliphatic heterocycles. The van der Waals surface area contributed by atoms with E-state index in [0.717, 1.165) is 23.5 Å². The average molecular weight is 373 g/mol. The Morgan fingerprint density at radius 1 is 1.23 bits per heavy atom. The summed E-state index contributed by atoms with van der Waals surface area (Å²) in [6.45, 7) is 4.30. The van der Waals surface area contributed by atoms with Crippen LogP contribution in [0.4, 0.5) is 0 Å². The first-order chi connectivity index (χ1) is 12.6. The first-order valence-electron chi connectivity index (χ1n) is 8.70. The minimum atomic E-state index is -0.178. The summed E-state index contributed by atoms with van der Waals surface area (Å²) in [6, 6.07) is 7.17. The zero-order valence-electron chi connectivity index (χ0n) is 15.0. The summed E-state index contributed by atoms with van der Waals surface area (Å²) in [5.74, 6) is 3.10. The van der Waals surface area contributed by atoms with Gasteiger partial charge < -0.3 is 14.8 Å². The maximum absolute atomic E-state index is 12.2. The van der Waals surface area contributed by atoms with Crippen molar-refractivity contribution in [1.82, 2.24) is 15.3 Å². The number of carbonyl (C=O) groups is 1. The first kappa shape index (κ1) is 18.5. The summed E-state index contributed by atoms with van der Waals surface area (Å²) in [5, 5.41) is 2.86. The second kappa shape index (κ2) is 8.89. The highest BCUT2D eigenvalue weighted by molar-refractivity contribution is 7.99. The minimum Gasteiger partial charge on any atom is -0.475 e. The highest BCUT2D eigenvalue weighted by Crippen LogP contribution is 2.22. The molecule has 1 aliphatic rings. The molecule has 1 atom stereocenters. The summed E-state index contributed by atoms with van der Waals surface area (Å²) < 4.78 is 11.3. The lowest BCUT2D eigenvalue weighted by Gasteiger charge is -2.11. The van der Waals surface area contributed by atoms with E-state index in [1.807, 2.05) is 31.7 Å². The number of amides is 1. The highest BCUT2D eigenvalue weighted by atomic mass is 32.2. The molecular formula is C19H23N3O3S. The molecule has 0 bridgehead atoms. The van der Waals surface area contributed by atoms with Crippen molar-refractivity contribution in [3.63, 3.8) is 0 Å². The Labute approximate surface area is 157 Å². The molecule has 6 nitrogen and oxygen atoms in total. The lowest BCUT2D eigenvalue weighted by molar-refractivity contribution is 0.0950. The van der Waals surface area contributed by atoms with Crippen molar-refractivity contribution in [2.75, 3.05) is 11.5 Å². The second-order valence-corrected chi connectivity index (χ2v) is 7.49. The standard InChI is InChI=1S/C19H23N3O3S/c1-13(2)24-17-5-3-14(9-20-17)10-22-19(23)15-4-6-18(21-11-15)25-16-7-8-26-12-16/h3-6,9,11,13,16H,7-8,10,12H2,1-2H3,(H,22,23). The molecule has 1 N–H and O–H groups in total. The van der Waals surface area contributed by atoms with Crippen molar-refractivity contribution in [1.29, 1.82) is 0 Å². The molecule has 0 aromatic carbocycles. The Balaban J connectivity index is 1.49. The fourth-order valence-corrected chi connectivity index (χ4v) is 3.57. The quantitative estimate of drug-likeness (QED) is 0.804. The van der Waals surface area contributed by atoms with E-state index in [9.17, 15) is 4.79 Å². The van der Waals surface area contributed by atoms with Crippen molar-refractivity contribution < 1.29 is 14.3 Å². The maximum atomic E-state index is 12.2. The van der Waals surface area contributed by atoms with Crippen LogP contribution in [0.1, 0.15) is 36.2 Å². The van der Waals surface area contributed by atoms with Crippen LogP contribution in [0.15, 0.2) is 36.7 Å². The summed E-state index contributed by atoms with van der Waals surface area (Å²) in [4.78, 5) is 20.7. The molecule has 1 fully saturated rings. The molecule has 1 unspecified atom stereocenters. The average Bonchev–Trinajstić information content (AvgIpc) is 3.14. The third kappa shape index (κ3) is 5.36. The molecule has 0 radical (unpaired) electrons. The van der Waals surface area contributed by atoms with E-state index in [0.29, 0.717) is 23.9 Å². The normalized spacial score (nSPS) is 16.5. The summed E-state index contributed by atoms with van der Waals surface area (Å²) in [7, 11) is 0. The van der Waals surface area contributed by atoms with Gasteiger partial charge in [-0.2, -0.15) is 11.8 Å². The zero-order chi connectivity index (χ0) is 18.4. The van der Waals surface area contributed by atoms with Crippen LogP contribution >= 0.6 is 11.8 Å². The number of nitrogens with zero attached hydrogens (tertiary/aromatic N) is 2. The van der Waals surface area contributed by atoms with E-state index < -0.39 is 0 Å². The summed E-state index contributed by atoms with van der Waals surface area (Å²) >= 11 is 1.89. The van der Waals surface area contributed by atoms with E-state index in [1.165, 1.54) is 0 Å². The fraction of sp³-hybridized carbons (Fsp3) is 0.421. The van der Waals surface area contributed by atoms with Gasteiger partial charge in [0.2, 0.25) is 11.8 Å². The summed E-state index contributed by atoms with van der Waals surface area (Å²) in [6.07, 6.45) is 4.60. The van der Waals surface area contributed by atoms with Gasteiger partial charge in [-0.15, -0.1) is 0 Å². The van der Waals surface area contributed by atoms with Gasteiger partial charge in [-0.3, -0.25) is 4.79 Å². The smallest absolute Gasteiger partial charge is 0.253 e. The van der Waals surface area contributed by atoms with Crippen molar-refractivity contribution in [2.24, 2.45) is 0 Å². The van der Waals surface area contributed by atoms with Crippen LogP contribution in [-0.2, 0) is 6.54 Å². The van der Waals surface area contributed by atoms with Gasteiger partial charge >= 0.3 is 0 Å². The SMILES string of the molecule is CC(C)Oc1ccc(CNC(=O)c2ccc(OC3CCSC3)nc2)cn1. The molecule has 1 saturated heterocycles. The van der Waals surface area contributed by atoms with Gasteiger partial charge in [0.15, 0.2) is 0 Å². The zero-order valence-corrected chi connectivity index (χ0v) is 15.8. The molecule has 2 aromatic rings. The second-order valence-electron chi connectivity index (χ2n) is 6.34. The van der Waals surface area contributed by atoms with E-state index >= 15 is 0 Å². The Hall–Kier alpha value is -2.28. The van der Waals surface area contributed by atoms with E-state index in [-0.39, 0.29) is 18.1 Å². The molecule has 0 spiro atoms. The van der Waals surface area contributed by atoms with E-state index in [4.69, 9.17) is 9.47 Å². The van der Waals surface area contributed by atoms with Gasteiger partial charge in [0, 0.05) is 36.8 Å². The maximum Gasteiger partial charge on any atom is 0.253 e. The molecular weight excluding hydrogens is 350 g/mol. The van der Waals surface area contributed by atoms with Gasteiger partial charge in [0.1, 0.15) is 6.10 Å². The Bertz CT molecular complexity index is 714. The topological polar surface area (TPSA) is 73.3 Å². The predicted molar refractivity (Wildman–Crippen MR) is 102 cm³/mol. The van der Waals surface area contributed by atoms with Crippen molar-refractivity contribution in [3.8, 4) is 11.8 Å². The largest absolute Gasteiger partial charge is 0.475 e. The highest BCUT2D eigenvalue weighted by Gasteiger charge is 2.17. The molecule has 0 aliphatic carbocycles. The van der Waals surface area contributed by atoms with Crippen LogP contribution in [0.2, 0.25) is 0 Å². The number of hydrogen-bond donors (Lipinski definition) is 1. The van der Waals surface area contributed by atoms with Crippen molar-refractivity contribution >= 4 is 17.7 Å². The number of pyridine rings is 2. The van der Waals surface area contributed by atoms with Gasteiger partial charge in [-0.1, -0.05) is 6.07 Å². The fourth-order valence-electron chi connectivity index (χ4n) is 2.47. The molecule has 0 saturated carbocycles. The Morgan fingerprint density at radius 2 is 2.04 bits per heavy atom. The molecule has 26 heavy (non-hydrogen) atoms. The van der Waals surface area contributed by atoms with E-state index in [2.05, 4.69) is 15.3 Å². The number of rotatable bonds is 7. The lowest BCUT2D eigenvalue weighted by atomic mass is 10.2. The van der Waals surface area contributed by atoms with Crippen LogP contribution in [-0.4, -0.2) is 39.6 Å². The summed E-state index contributed by atoms with van der Waals surface area (Å²) in [5.41, 5.74) is 1.41. The predicted octanol–water partition coefficient (Wildman–Crippen LogP) is 3.08. The van der Waals surface area contributed by atoms with Crippen LogP contribution in [0, 0.1) is 0 Å². The van der Waals surface area contributed by atoms with Crippen molar-refractivity contribution in [2.45, 2.75) is 39.0 Å². The third-order valence-corrected chi connectivity index (χ3v) is 4.91. The van der Waals surface area contributed by atoms with Crippen molar-refractivity contribution in [3.05, 3.63) is 47.8 Å². The molecule has 3 rings (SSSR count). The van der Waals surface area contributed by atoms with Crippen LogP contribution in [0.3, 0.4) is 0 Å².